The van der Waals surface area contributed by atoms with Crippen molar-refractivity contribution in [2.75, 3.05) is 13.2 Å². The third-order valence-corrected chi connectivity index (χ3v) is 3.30. The lowest BCUT2D eigenvalue weighted by molar-refractivity contribution is -0.202. The van der Waals surface area contributed by atoms with Gasteiger partial charge in [-0.25, -0.2) is 0 Å². The summed E-state index contributed by atoms with van der Waals surface area (Å²) in [5.41, 5.74) is 6.05. The molecule has 0 saturated heterocycles. The fourth-order valence-electron chi connectivity index (χ4n) is 1.78. The second-order valence-electron chi connectivity index (χ2n) is 4.62. The summed E-state index contributed by atoms with van der Waals surface area (Å²) in [5, 5.41) is 0. The number of nitrogens with two attached hydrogens (primary N) is 1. The van der Waals surface area contributed by atoms with Crippen LogP contribution in [0.2, 0.25) is 0 Å². The van der Waals surface area contributed by atoms with Crippen LogP contribution in [0.15, 0.2) is 0 Å². The number of hydrogen-bond donors (Lipinski definition) is 1. The number of rotatable bonds is 6. The van der Waals surface area contributed by atoms with Crippen LogP contribution < -0.4 is 5.73 Å². The van der Waals surface area contributed by atoms with Gasteiger partial charge in [0.25, 0.3) is 0 Å². The molecule has 1 aliphatic rings. The first kappa shape index (κ1) is 12.0. The van der Waals surface area contributed by atoms with Gasteiger partial charge in [-0.2, -0.15) is 0 Å². The Kier molecular flexibility index (Phi) is 3.56. The molecule has 1 rings (SSSR count). The Morgan fingerprint density at radius 1 is 1.21 bits per heavy atom. The zero-order valence-electron chi connectivity index (χ0n) is 9.80. The molecule has 0 atom stereocenters. The van der Waals surface area contributed by atoms with Crippen LogP contribution in [0.3, 0.4) is 0 Å². The van der Waals surface area contributed by atoms with Gasteiger partial charge in [0.15, 0.2) is 6.29 Å². The summed E-state index contributed by atoms with van der Waals surface area (Å²) < 4.78 is 11.2. The Morgan fingerprint density at radius 3 is 1.93 bits per heavy atom. The van der Waals surface area contributed by atoms with E-state index in [2.05, 4.69) is 13.8 Å². The summed E-state index contributed by atoms with van der Waals surface area (Å²) in [4.78, 5) is 0. The molecule has 3 nitrogen and oxygen atoms in total. The molecule has 0 spiro atoms. The fourth-order valence-corrected chi connectivity index (χ4v) is 1.78. The minimum absolute atomic E-state index is 0.0813. The Morgan fingerprint density at radius 2 is 1.64 bits per heavy atom. The Hall–Kier alpha value is -0.120. The van der Waals surface area contributed by atoms with E-state index in [1.165, 1.54) is 0 Å². The summed E-state index contributed by atoms with van der Waals surface area (Å²) in [5.74, 6) is 0. The van der Waals surface area contributed by atoms with E-state index < -0.39 is 0 Å². The van der Waals surface area contributed by atoms with E-state index in [1.54, 1.807) is 0 Å². The van der Waals surface area contributed by atoms with Gasteiger partial charge in [0, 0.05) is 24.2 Å². The van der Waals surface area contributed by atoms with Crippen molar-refractivity contribution in [2.24, 2.45) is 11.1 Å². The van der Waals surface area contributed by atoms with Gasteiger partial charge < -0.3 is 15.2 Å². The molecule has 0 aliphatic heterocycles. The van der Waals surface area contributed by atoms with E-state index in [0.717, 1.165) is 12.8 Å². The lowest BCUT2D eigenvalue weighted by atomic mass is 9.81. The lowest BCUT2D eigenvalue weighted by Gasteiger charge is -2.38. The van der Waals surface area contributed by atoms with Crippen molar-refractivity contribution in [3.8, 4) is 0 Å². The predicted octanol–water partition coefficient (Wildman–Crippen LogP) is 1.90. The zero-order chi connectivity index (χ0) is 10.8. The molecule has 0 unspecified atom stereocenters. The molecule has 0 aromatic carbocycles. The molecule has 1 aliphatic carbocycles. The molecule has 0 bridgehead atoms. The average Bonchev–Trinajstić information content (AvgIpc) is 2.85. The van der Waals surface area contributed by atoms with Crippen molar-refractivity contribution in [1.29, 1.82) is 0 Å². The van der Waals surface area contributed by atoms with Crippen LogP contribution in [0.4, 0.5) is 0 Å². The maximum absolute atomic E-state index is 6.23. The maximum atomic E-state index is 6.23. The van der Waals surface area contributed by atoms with Crippen LogP contribution >= 0.6 is 0 Å². The number of ether oxygens (including phenoxy) is 2. The maximum Gasteiger partial charge on any atom is 0.164 e. The van der Waals surface area contributed by atoms with Gasteiger partial charge in [-0.05, 0) is 26.7 Å². The molecule has 1 saturated carbocycles. The van der Waals surface area contributed by atoms with Crippen molar-refractivity contribution in [3.63, 3.8) is 0 Å². The molecular weight excluding hydrogens is 178 g/mol. The Bertz CT molecular complexity index is 182. The highest BCUT2D eigenvalue weighted by Crippen LogP contribution is 2.50. The summed E-state index contributed by atoms with van der Waals surface area (Å²) in [6, 6.07) is 0. The monoisotopic (exact) mass is 201 g/mol. The molecule has 2 N–H and O–H groups in total. The minimum atomic E-state index is -0.176. The van der Waals surface area contributed by atoms with Crippen molar-refractivity contribution in [1.82, 2.24) is 0 Å². The van der Waals surface area contributed by atoms with E-state index in [-0.39, 0.29) is 17.2 Å². The van der Waals surface area contributed by atoms with Crippen molar-refractivity contribution in [2.45, 2.75) is 52.4 Å². The third kappa shape index (κ3) is 2.10. The van der Waals surface area contributed by atoms with Crippen LogP contribution in [-0.4, -0.2) is 25.0 Å². The van der Waals surface area contributed by atoms with Gasteiger partial charge in [-0.15, -0.1) is 0 Å². The predicted molar refractivity (Wildman–Crippen MR) is 57.0 cm³/mol. The van der Waals surface area contributed by atoms with Crippen LogP contribution in [0, 0.1) is 5.41 Å². The molecule has 84 valence electrons. The zero-order valence-corrected chi connectivity index (χ0v) is 9.80. The SMILES string of the molecule is CCOC(OCC)C(C)(C)C1(N)CC1. The highest BCUT2D eigenvalue weighted by atomic mass is 16.7. The van der Waals surface area contributed by atoms with Gasteiger partial charge >= 0.3 is 0 Å². The van der Waals surface area contributed by atoms with E-state index in [0.29, 0.717) is 13.2 Å². The van der Waals surface area contributed by atoms with Crippen molar-refractivity contribution in [3.05, 3.63) is 0 Å². The second-order valence-corrected chi connectivity index (χ2v) is 4.62. The highest BCUT2D eigenvalue weighted by molar-refractivity contribution is 5.10. The lowest BCUT2D eigenvalue weighted by Crippen LogP contribution is -2.50. The first-order chi connectivity index (χ1) is 6.48. The van der Waals surface area contributed by atoms with E-state index in [1.807, 2.05) is 13.8 Å². The van der Waals surface area contributed by atoms with Gasteiger partial charge in [0.1, 0.15) is 0 Å². The summed E-state index contributed by atoms with van der Waals surface area (Å²) >= 11 is 0. The van der Waals surface area contributed by atoms with Crippen LogP contribution in [0.1, 0.15) is 40.5 Å². The minimum Gasteiger partial charge on any atom is -0.352 e. The van der Waals surface area contributed by atoms with Gasteiger partial charge in [0.2, 0.25) is 0 Å². The summed E-state index contributed by atoms with van der Waals surface area (Å²) in [6.07, 6.45) is 1.98. The van der Waals surface area contributed by atoms with E-state index in [9.17, 15) is 0 Å². The second kappa shape index (κ2) is 4.17. The Labute approximate surface area is 86.9 Å². The van der Waals surface area contributed by atoms with Gasteiger partial charge in [0.05, 0.1) is 0 Å². The molecule has 3 heteroatoms. The highest BCUT2D eigenvalue weighted by Gasteiger charge is 2.55. The van der Waals surface area contributed by atoms with Crippen LogP contribution in [-0.2, 0) is 9.47 Å². The summed E-state index contributed by atoms with van der Waals surface area (Å²) in [7, 11) is 0. The molecule has 1 fully saturated rings. The normalized spacial score (nSPS) is 20.1. The first-order valence-corrected chi connectivity index (χ1v) is 5.50. The topological polar surface area (TPSA) is 44.5 Å². The molecule has 0 aromatic rings. The molecule has 0 heterocycles. The Balaban J connectivity index is 2.64. The smallest absolute Gasteiger partial charge is 0.164 e. The fraction of sp³-hybridized carbons (Fsp3) is 1.00. The average molecular weight is 201 g/mol. The van der Waals surface area contributed by atoms with Crippen molar-refractivity contribution < 1.29 is 9.47 Å². The van der Waals surface area contributed by atoms with E-state index in [4.69, 9.17) is 15.2 Å². The molecule has 14 heavy (non-hydrogen) atoms. The number of hydrogen-bond acceptors (Lipinski definition) is 3. The van der Waals surface area contributed by atoms with Gasteiger partial charge in [-0.1, -0.05) is 13.8 Å². The largest absolute Gasteiger partial charge is 0.352 e. The molecular formula is C11H23NO2. The summed E-state index contributed by atoms with van der Waals surface area (Å²) in [6.45, 7) is 9.58. The van der Waals surface area contributed by atoms with Crippen LogP contribution in [0.5, 0.6) is 0 Å². The molecule has 0 radical (unpaired) electrons. The third-order valence-electron chi connectivity index (χ3n) is 3.30. The molecule has 0 amide bonds. The quantitative estimate of drug-likeness (QED) is 0.668. The van der Waals surface area contributed by atoms with Crippen LogP contribution in [0.25, 0.3) is 0 Å². The van der Waals surface area contributed by atoms with Gasteiger partial charge in [-0.3, -0.25) is 0 Å². The van der Waals surface area contributed by atoms with E-state index >= 15 is 0 Å². The van der Waals surface area contributed by atoms with Crippen molar-refractivity contribution >= 4 is 0 Å². The standard InChI is InChI=1S/C11H23NO2/c1-5-13-9(14-6-2)10(3,4)11(12)7-8-11/h9H,5-8,12H2,1-4H3. The molecule has 0 aromatic heterocycles. The first-order valence-electron chi connectivity index (χ1n) is 5.50.